The first-order valence-corrected chi connectivity index (χ1v) is 10.3. The predicted molar refractivity (Wildman–Crippen MR) is 126 cm³/mol. The zero-order valence-electron chi connectivity index (χ0n) is 17.9. The van der Waals surface area contributed by atoms with Crippen molar-refractivity contribution in [1.29, 1.82) is 0 Å². The molecule has 30 heavy (non-hydrogen) atoms. The van der Waals surface area contributed by atoms with E-state index >= 15 is 0 Å². The lowest BCUT2D eigenvalue weighted by molar-refractivity contribution is -0.0855. The summed E-state index contributed by atoms with van der Waals surface area (Å²) in [6, 6.07) is 6.86. The van der Waals surface area contributed by atoms with E-state index in [9.17, 15) is 4.39 Å². The van der Waals surface area contributed by atoms with Gasteiger partial charge < -0.3 is 24.8 Å². The molecule has 0 amide bonds. The molecule has 2 saturated heterocycles. The molecule has 1 aromatic carbocycles. The minimum absolute atomic E-state index is 0. The molecule has 0 spiro atoms. The molecule has 2 N–H and O–H groups in total. The van der Waals surface area contributed by atoms with Gasteiger partial charge in [-0.3, -0.25) is 9.89 Å². The van der Waals surface area contributed by atoms with E-state index in [1.54, 1.807) is 14.2 Å². The number of rotatable bonds is 7. The van der Waals surface area contributed by atoms with Crippen molar-refractivity contribution in [2.75, 3.05) is 66.8 Å². The summed E-state index contributed by atoms with van der Waals surface area (Å²) in [6.45, 7) is 5.88. The molecular weight excluding hydrogens is 502 g/mol. The molecule has 2 heterocycles. The smallest absolute Gasteiger partial charge is 0.191 e. The summed E-state index contributed by atoms with van der Waals surface area (Å²) in [4.78, 5) is 6.73. The highest BCUT2D eigenvalue weighted by atomic mass is 127. The summed E-state index contributed by atoms with van der Waals surface area (Å²) in [5.74, 6) is 0.509. The number of guanidine groups is 1. The summed E-state index contributed by atoms with van der Waals surface area (Å²) in [5, 5.41) is 6.84. The van der Waals surface area contributed by atoms with Crippen LogP contribution in [-0.4, -0.2) is 83.2 Å². The zero-order valence-corrected chi connectivity index (χ0v) is 20.2. The Labute approximate surface area is 195 Å². The summed E-state index contributed by atoms with van der Waals surface area (Å²) in [7, 11) is 3.52. The van der Waals surface area contributed by atoms with Crippen molar-refractivity contribution >= 4 is 29.9 Å². The summed E-state index contributed by atoms with van der Waals surface area (Å²) in [6.07, 6.45) is 1.72. The number of morpholine rings is 1. The predicted octanol–water partition coefficient (Wildman–Crippen LogP) is 2.18. The van der Waals surface area contributed by atoms with E-state index in [-0.39, 0.29) is 41.4 Å². The lowest BCUT2D eigenvalue weighted by Gasteiger charge is -2.37. The maximum Gasteiger partial charge on any atom is 0.191 e. The summed E-state index contributed by atoms with van der Waals surface area (Å²) in [5.41, 5.74) is 0.852. The lowest BCUT2D eigenvalue weighted by Crippen LogP contribution is -2.52. The number of halogens is 2. The van der Waals surface area contributed by atoms with E-state index in [1.165, 1.54) is 12.1 Å². The van der Waals surface area contributed by atoms with Crippen LogP contribution in [0, 0.1) is 5.82 Å². The van der Waals surface area contributed by atoms with Gasteiger partial charge in [-0.25, -0.2) is 4.39 Å². The number of hydrogen-bond acceptors (Lipinski definition) is 5. The van der Waals surface area contributed by atoms with Gasteiger partial charge in [-0.2, -0.15) is 0 Å². The van der Waals surface area contributed by atoms with Crippen molar-refractivity contribution in [1.82, 2.24) is 15.5 Å². The molecule has 2 fully saturated rings. The van der Waals surface area contributed by atoms with Gasteiger partial charge in [-0.15, -0.1) is 24.0 Å². The Morgan fingerprint density at radius 2 is 1.77 bits per heavy atom. The first kappa shape index (κ1) is 25.3. The maximum absolute atomic E-state index is 13.4. The van der Waals surface area contributed by atoms with E-state index in [0.717, 1.165) is 37.5 Å². The Bertz CT molecular complexity index is 650. The van der Waals surface area contributed by atoms with Crippen molar-refractivity contribution < 1.29 is 18.6 Å². The second-order valence-electron chi connectivity index (χ2n) is 7.52. The molecule has 9 heteroatoms. The largest absolute Gasteiger partial charge is 0.381 e. The Hall–Kier alpha value is -1.01. The van der Waals surface area contributed by atoms with Gasteiger partial charge in [-0.1, -0.05) is 12.1 Å². The highest BCUT2D eigenvalue weighted by Crippen LogP contribution is 2.24. The number of nitrogens with one attached hydrogen (secondary N) is 2. The summed E-state index contributed by atoms with van der Waals surface area (Å²) >= 11 is 0. The standard InChI is InChI=1S/C21H33FN4O3.HI/c1-23-20(25-16-21(27-2)7-11-28-12-8-21)24-15-19(26-9-13-29-14-10-26)17-3-5-18(22)6-4-17;/h3-6,19H,7-16H2,1-2H3,(H2,23,24,25);1H. The minimum Gasteiger partial charge on any atom is -0.381 e. The second kappa shape index (κ2) is 12.7. The van der Waals surface area contributed by atoms with Crippen molar-refractivity contribution in [2.45, 2.75) is 24.5 Å². The first-order valence-electron chi connectivity index (χ1n) is 10.3. The van der Waals surface area contributed by atoms with Crippen LogP contribution in [0.3, 0.4) is 0 Å². The highest BCUT2D eigenvalue weighted by molar-refractivity contribution is 14.0. The number of aliphatic imine (C=N–C) groups is 1. The quantitative estimate of drug-likeness (QED) is 0.317. The molecule has 0 aliphatic carbocycles. The second-order valence-corrected chi connectivity index (χ2v) is 7.52. The van der Waals surface area contributed by atoms with Crippen molar-refractivity contribution in [2.24, 2.45) is 4.99 Å². The van der Waals surface area contributed by atoms with E-state index in [4.69, 9.17) is 14.2 Å². The van der Waals surface area contributed by atoms with Crippen LogP contribution in [-0.2, 0) is 14.2 Å². The van der Waals surface area contributed by atoms with Crippen LogP contribution < -0.4 is 10.6 Å². The van der Waals surface area contributed by atoms with Crippen LogP contribution in [0.1, 0.15) is 24.4 Å². The van der Waals surface area contributed by atoms with Crippen molar-refractivity contribution in [3.8, 4) is 0 Å². The third kappa shape index (κ3) is 7.01. The van der Waals surface area contributed by atoms with Gasteiger partial charge in [0.25, 0.3) is 0 Å². The highest BCUT2D eigenvalue weighted by Gasteiger charge is 2.32. The van der Waals surface area contributed by atoms with Gasteiger partial charge in [0.05, 0.1) is 24.9 Å². The van der Waals surface area contributed by atoms with E-state index in [2.05, 4.69) is 20.5 Å². The molecule has 0 radical (unpaired) electrons. The fourth-order valence-electron chi connectivity index (χ4n) is 3.89. The fraction of sp³-hybridized carbons (Fsp3) is 0.667. The monoisotopic (exact) mass is 536 g/mol. The van der Waals surface area contributed by atoms with Gasteiger partial charge in [0.15, 0.2) is 5.96 Å². The van der Waals surface area contributed by atoms with Crippen LogP contribution in [0.4, 0.5) is 4.39 Å². The molecule has 3 rings (SSSR count). The van der Waals surface area contributed by atoms with E-state index in [0.29, 0.717) is 39.5 Å². The molecule has 170 valence electrons. The number of benzene rings is 1. The number of ether oxygens (including phenoxy) is 3. The number of hydrogen-bond donors (Lipinski definition) is 2. The average molecular weight is 536 g/mol. The lowest BCUT2D eigenvalue weighted by atomic mass is 9.94. The average Bonchev–Trinajstić information content (AvgIpc) is 2.78. The fourth-order valence-corrected chi connectivity index (χ4v) is 3.89. The van der Waals surface area contributed by atoms with Gasteiger partial charge in [-0.05, 0) is 17.7 Å². The van der Waals surface area contributed by atoms with E-state index < -0.39 is 0 Å². The van der Waals surface area contributed by atoms with Crippen LogP contribution in [0.2, 0.25) is 0 Å². The van der Waals surface area contributed by atoms with Gasteiger partial charge >= 0.3 is 0 Å². The molecule has 7 nitrogen and oxygen atoms in total. The first-order chi connectivity index (χ1) is 14.2. The molecule has 2 aliphatic rings. The molecule has 1 unspecified atom stereocenters. The van der Waals surface area contributed by atoms with Crippen molar-refractivity contribution in [3.63, 3.8) is 0 Å². The maximum atomic E-state index is 13.4. The van der Waals surface area contributed by atoms with Crippen LogP contribution >= 0.6 is 24.0 Å². The number of nitrogens with zero attached hydrogens (tertiary/aromatic N) is 2. The third-order valence-electron chi connectivity index (χ3n) is 5.84. The zero-order chi connectivity index (χ0) is 20.5. The SMILES string of the molecule is CN=C(NCC(c1ccc(F)cc1)N1CCOCC1)NCC1(OC)CCOCC1.I. The molecular formula is C21H34FIN4O3. The Morgan fingerprint density at radius 1 is 1.13 bits per heavy atom. The molecule has 0 bridgehead atoms. The third-order valence-corrected chi connectivity index (χ3v) is 5.84. The molecule has 1 aromatic rings. The van der Waals surface area contributed by atoms with Crippen LogP contribution in [0.25, 0.3) is 0 Å². The number of methoxy groups -OCH3 is 1. The Kier molecular flexibility index (Phi) is 10.7. The topological polar surface area (TPSA) is 67.4 Å². The molecule has 0 aromatic heterocycles. The minimum atomic E-state index is -0.226. The van der Waals surface area contributed by atoms with Crippen LogP contribution in [0.15, 0.2) is 29.3 Å². The normalized spacial score (nSPS) is 20.8. The molecule has 0 saturated carbocycles. The molecule has 1 atom stereocenters. The Balaban J connectivity index is 0.00000320. The Morgan fingerprint density at radius 3 is 2.37 bits per heavy atom. The van der Waals surface area contributed by atoms with Crippen molar-refractivity contribution in [3.05, 3.63) is 35.6 Å². The molecule has 2 aliphatic heterocycles. The van der Waals surface area contributed by atoms with Crippen LogP contribution in [0.5, 0.6) is 0 Å². The van der Waals surface area contributed by atoms with Gasteiger partial charge in [0.1, 0.15) is 5.82 Å². The summed E-state index contributed by atoms with van der Waals surface area (Å²) < 4.78 is 30.2. The van der Waals surface area contributed by atoms with Gasteiger partial charge in [0.2, 0.25) is 0 Å². The van der Waals surface area contributed by atoms with Gasteiger partial charge in [0, 0.05) is 66.4 Å². The van der Waals surface area contributed by atoms with E-state index in [1.807, 2.05) is 12.1 Å².